The van der Waals surface area contributed by atoms with E-state index in [-0.39, 0.29) is 0 Å². The number of nitrogens with zero attached hydrogens (tertiary/aromatic N) is 1. The first-order valence-electron chi connectivity index (χ1n) is 7.04. The molecule has 1 aromatic carbocycles. The maximum atomic E-state index is 5.39. The smallest absolute Gasteiger partial charge is 0.0702 e. The van der Waals surface area contributed by atoms with Gasteiger partial charge in [-0.1, -0.05) is 12.1 Å². The third-order valence-electron chi connectivity index (χ3n) is 3.75. The molecule has 1 aromatic heterocycles. The number of benzene rings is 1. The molecular weight excluding hydrogens is 236 g/mol. The maximum Gasteiger partial charge on any atom is 0.0702 e. The summed E-state index contributed by atoms with van der Waals surface area (Å²) in [5, 5.41) is 4.73. The Morgan fingerprint density at radius 3 is 3.21 bits per heavy atom. The molecule has 0 aliphatic carbocycles. The number of hydrogen-bond donors (Lipinski definition) is 1. The lowest BCUT2D eigenvalue weighted by atomic mass is 10.1. The van der Waals surface area contributed by atoms with Crippen LogP contribution in [-0.4, -0.2) is 24.7 Å². The Balaban J connectivity index is 1.50. The highest BCUT2D eigenvalue weighted by molar-refractivity contribution is 5.78. The summed E-state index contributed by atoms with van der Waals surface area (Å²) in [5.74, 6) is 0.758. The molecular formula is C16H20N2O. The van der Waals surface area contributed by atoms with Gasteiger partial charge in [0.1, 0.15) is 0 Å². The van der Waals surface area contributed by atoms with Crippen molar-refractivity contribution in [3.05, 3.63) is 42.1 Å². The fourth-order valence-electron chi connectivity index (χ4n) is 2.58. The molecule has 0 saturated carbocycles. The Labute approximate surface area is 114 Å². The summed E-state index contributed by atoms with van der Waals surface area (Å²) in [4.78, 5) is 4.34. The number of nitrogens with one attached hydrogen (secondary N) is 1. The van der Waals surface area contributed by atoms with Gasteiger partial charge in [-0.25, -0.2) is 0 Å². The van der Waals surface area contributed by atoms with Crippen LogP contribution in [-0.2, 0) is 11.3 Å². The molecule has 1 aliphatic heterocycles. The van der Waals surface area contributed by atoms with Crippen molar-refractivity contribution in [2.24, 2.45) is 5.92 Å². The molecule has 1 unspecified atom stereocenters. The number of ether oxygens (including phenoxy) is 1. The summed E-state index contributed by atoms with van der Waals surface area (Å²) in [6.45, 7) is 3.89. The van der Waals surface area contributed by atoms with Crippen LogP contribution in [0.3, 0.4) is 0 Å². The standard InChI is InChI=1S/C16H20N2O/c1-2-15-10-14(3-4-16(15)18-7-1)11-17-8-5-13-6-9-19-12-13/h1-4,7,10,13,17H,5-6,8-9,11-12H2. The van der Waals surface area contributed by atoms with Crippen LogP contribution in [0.15, 0.2) is 36.5 Å². The van der Waals surface area contributed by atoms with E-state index < -0.39 is 0 Å². The highest BCUT2D eigenvalue weighted by Gasteiger charge is 2.14. The maximum absolute atomic E-state index is 5.39. The fourth-order valence-corrected chi connectivity index (χ4v) is 2.58. The van der Waals surface area contributed by atoms with Gasteiger partial charge in [-0.15, -0.1) is 0 Å². The van der Waals surface area contributed by atoms with Gasteiger partial charge in [-0.3, -0.25) is 4.98 Å². The Morgan fingerprint density at radius 1 is 1.32 bits per heavy atom. The highest BCUT2D eigenvalue weighted by atomic mass is 16.5. The quantitative estimate of drug-likeness (QED) is 0.835. The van der Waals surface area contributed by atoms with Crippen LogP contribution in [0.4, 0.5) is 0 Å². The lowest BCUT2D eigenvalue weighted by molar-refractivity contribution is 0.184. The Bertz CT molecular complexity index is 535. The van der Waals surface area contributed by atoms with Crippen LogP contribution in [0.2, 0.25) is 0 Å². The van der Waals surface area contributed by atoms with Gasteiger partial charge < -0.3 is 10.1 Å². The number of aromatic nitrogens is 1. The Kier molecular flexibility index (Phi) is 4.06. The largest absolute Gasteiger partial charge is 0.381 e. The number of rotatable bonds is 5. The zero-order valence-corrected chi connectivity index (χ0v) is 11.1. The van der Waals surface area contributed by atoms with Crippen molar-refractivity contribution in [3.63, 3.8) is 0 Å². The molecule has 1 N–H and O–H groups in total. The van der Waals surface area contributed by atoms with Gasteiger partial charge in [0.25, 0.3) is 0 Å². The van der Waals surface area contributed by atoms with E-state index in [1.165, 1.54) is 23.8 Å². The van der Waals surface area contributed by atoms with E-state index in [1.54, 1.807) is 0 Å². The lowest BCUT2D eigenvalue weighted by Crippen LogP contribution is -2.18. The first-order chi connectivity index (χ1) is 9.42. The zero-order chi connectivity index (χ0) is 12.9. The fraction of sp³-hybridized carbons (Fsp3) is 0.438. The van der Waals surface area contributed by atoms with Gasteiger partial charge in [-0.2, -0.15) is 0 Å². The molecule has 0 spiro atoms. The molecule has 3 heteroatoms. The summed E-state index contributed by atoms with van der Waals surface area (Å²) < 4.78 is 5.39. The molecule has 0 bridgehead atoms. The van der Waals surface area contributed by atoms with Crippen LogP contribution in [0.25, 0.3) is 10.9 Å². The van der Waals surface area contributed by atoms with Gasteiger partial charge in [-0.05, 0) is 49.1 Å². The average molecular weight is 256 g/mol. The van der Waals surface area contributed by atoms with E-state index in [9.17, 15) is 0 Å². The minimum absolute atomic E-state index is 0.758. The van der Waals surface area contributed by atoms with E-state index in [1.807, 2.05) is 12.3 Å². The Morgan fingerprint density at radius 2 is 2.32 bits per heavy atom. The molecule has 2 heterocycles. The van der Waals surface area contributed by atoms with Crippen LogP contribution < -0.4 is 5.32 Å². The van der Waals surface area contributed by atoms with Crippen LogP contribution in [0.5, 0.6) is 0 Å². The van der Waals surface area contributed by atoms with Crippen molar-refractivity contribution in [3.8, 4) is 0 Å². The highest BCUT2D eigenvalue weighted by Crippen LogP contribution is 2.16. The second-order valence-electron chi connectivity index (χ2n) is 5.23. The van der Waals surface area contributed by atoms with Gasteiger partial charge in [0, 0.05) is 31.3 Å². The van der Waals surface area contributed by atoms with Crippen molar-refractivity contribution in [2.75, 3.05) is 19.8 Å². The first kappa shape index (κ1) is 12.6. The van der Waals surface area contributed by atoms with Gasteiger partial charge in [0.2, 0.25) is 0 Å². The predicted molar refractivity (Wildman–Crippen MR) is 77.0 cm³/mol. The predicted octanol–water partition coefficient (Wildman–Crippen LogP) is 2.75. The van der Waals surface area contributed by atoms with Gasteiger partial charge >= 0.3 is 0 Å². The van der Waals surface area contributed by atoms with Crippen LogP contribution >= 0.6 is 0 Å². The summed E-state index contributed by atoms with van der Waals surface area (Å²) in [6, 6.07) is 10.6. The molecule has 1 aliphatic rings. The summed E-state index contributed by atoms with van der Waals surface area (Å²) >= 11 is 0. The second-order valence-corrected chi connectivity index (χ2v) is 5.23. The zero-order valence-electron chi connectivity index (χ0n) is 11.1. The topological polar surface area (TPSA) is 34.2 Å². The molecule has 2 aromatic rings. The molecule has 0 radical (unpaired) electrons. The van der Waals surface area contributed by atoms with Crippen molar-refractivity contribution in [2.45, 2.75) is 19.4 Å². The van der Waals surface area contributed by atoms with E-state index in [0.29, 0.717) is 0 Å². The van der Waals surface area contributed by atoms with Crippen molar-refractivity contribution >= 4 is 10.9 Å². The molecule has 3 nitrogen and oxygen atoms in total. The van der Waals surface area contributed by atoms with Crippen molar-refractivity contribution < 1.29 is 4.74 Å². The monoisotopic (exact) mass is 256 g/mol. The van der Waals surface area contributed by atoms with Gasteiger partial charge in [0.05, 0.1) is 5.52 Å². The number of hydrogen-bond acceptors (Lipinski definition) is 3. The molecule has 3 rings (SSSR count). The minimum Gasteiger partial charge on any atom is -0.381 e. The van der Waals surface area contributed by atoms with Gasteiger partial charge in [0.15, 0.2) is 0 Å². The third-order valence-corrected chi connectivity index (χ3v) is 3.75. The van der Waals surface area contributed by atoms with E-state index in [0.717, 1.165) is 37.7 Å². The minimum atomic E-state index is 0.758. The van der Waals surface area contributed by atoms with Crippen molar-refractivity contribution in [1.29, 1.82) is 0 Å². The molecule has 1 atom stereocenters. The molecule has 100 valence electrons. The third kappa shape index (κ3) is 3.31. The SMILES string of the molecule is c1cnc2ccc(CNCCC3CCOC3)cc2c1. The number of fused-ring (bicyclic) bond motifs is 1. The van der Waals surface area contributed by atoms with Crippen LogP contribution in [0, 0.1) is 5.92 Å². The molecule has 19 heavy (non-hydrogen) atoms. The molecule has 1 saturated heterocycles. The van der Waals surface area contributed by atoms with E-state index >= 15 is 0 Å². The van der Waals surface area contributed by atoms with E-state index in [2.05, 4.69) is 34.6 Å². The summed E-state index contributed by atoms with van der Waals surface area (Å²) in [5.41, 5.74) is 2.39. The Hall–Kier alpha value is -1.45. The normalized spacial score (nSPS) is 19.1. The average Bonchev–Trinajstić information content (AvgIpc) is 2.97. The molecule has 1 fully saturated rings. The van der Waals surface area contributed by atoms with Crippen molar-refractivity contribution in [1.82, 2.24) is 10.3 Å². The summed E-state index contributed by atoms with van der Waals surface area (Å²) in [6.07, 6.45) is 4.28. The molecule has 0 amide bonds. The van der Waals surface area contributed by atoms with E-state index in [4.69, 9.17) is 4.74 Å². The number of pyridine rings is 1. The first-order valence-corrected chi connectivity index (χ1v) is 7.04. The van der Waals surface area contributed by atoms with Crippen LogP contribution in [0.1, 0.15) is 18.4 Å². The lowest BCUT2D eigenvalue weighted by Gasteiger charge is -2.09. The second kappa shape index (κ2) is 6.13. The summed E-state index contributed by atoms with van der Waals surface area (Å²) in [7, 11) is 0.